The molecule has 0 aromatic carbocycles. The summed E-state index contributed by atoms with van der Waals surface area (Å²) in [7, 11) is 0. The number of aromatic nitrogens is 2. The quantitative estimate of drug-likeness (QED) is 0.783. The van der Waals surface area contributed by atoms with Gasteiger partial charge in [-0.25, -0.2) is 4.98 Å². The Morgan fingerprint density at radius 3 is 2.56 bits per heavy atom. The summed E-state index contributed by atoms with van der Waals surface area (Å²) in [5, 5.41) is 2.74. The van der Waals surface area contributed by atoms with Crippen LogP contribution in [0.15, 0.2) is 18.6 Å². The standard InChI is InChI=1S/C11H18N4O/c1-3-11(4-2,8-12)10(16)15-9-7-13-5-6-14-9/h5-7H,3-4,8,12H2,1-2H3,(H,14,15,16). The molecule has 0 atom stereocenters. The fourth-order valence-corrected chi connectivity index (χ4v) is 1.57. The SMILES string of the molecule is CCC(CC)(CN)C(=O)Nc1cnccn1. The van der Waals surface area contributed by atoms with Gasteiger partial charge in [0.1, 0.15) is 0 Å². The van der Waals surface area contributed by atoms with Gasteiger partial charge in [0.2, 0.25) is 5.91 Å². The zero-order valence-electron chi connectivity index (χ0n) is 9.73. The maximum Gasteiger partial charge on any atom is 0.233 e. The molecule has 0 aliphatic carbocycles. The molecule has 16 heavy (non-hydrogen) atoms. The van der Waals surface area contributed by atoms with Gasteiger partial charge in [-0.3, -0.25) is 9.78 Å². The highest BCUT2D eigenvalue weighted by Crippen LogP contribution is 2.26. The van der Waals surface area contributed by atoms with E-state index in [1.54, 1.807) is 6.20 Å². The number of carbonyl (C=O) groups is 1. The van der Waals surface area contributed by atoms with Crippen molar-refractivity contribution < 1.29 is 4.79 Å². The van der Waals surface area contributed by atoms with Gasteiger partial charge in [0.05, 0.1) is 11.6 Å². The molecule has 1 amide bonds. The molecule has 1 aromatic heterocycles. The molecule has 5 heteroatoms. The zero-order valence-corrected chi connectivity index (χ0v) is 9.73. The van der Waals surface area contributed by atoms with E-state index < -0.39 is 5.41 Å². The number of amides is 1. The first-order valence-corrected chi connectivity index (χ1v) is 5.46. The summed E-state index contributed by atoms with van der Waals surface area (Å²) in [6, 6.07) is 0. The highest BCUT2D eigenvalue weighted by atomic mass is 16.2. The van der Waals surface area contributed by atoms with E-state index >= 15 is 0 Å². The van der Waals surface area contributed by atoms with Crippen LogP contribution >= 0.6 is 0 Å². The molecule has 3 N–H and O–H groups in total. The Bertz CT molecular complexity index is 327. The normalized spacial score (nSPS) is 11.2. The number of anilines is 1. The zero-order chi connectivity index (χ0) is 12.0. The summed E-state index contributed by atoms with van der Waals surface area (Å²) in [4.78, 5) is 20.0. The van der Waals surface area contributed by atoms with E-state index in [1.807, 2.05) is 13.8 Å². The van der Waals surface area contributed by atoms with Gasteiger partial charge in [-0.15, -0.1) is 0 Å². The van der Waals surface area contributed by atoms with Gasteiger partial charge < -0.3 is 11.1 Å². The molecule has 0 bridgehead atoms. The molecule has 0 saturated heterocycles. The van der Waals surface area contributed by atoms with Gasteiger partial charge in [-0.05, 0) is 12.8 Å². The van der Waals surface area contributed by atoms with Gasteiger partial charge in [-0.2, -0.15) is 0 Å². The van der Waals surface area contributed by atoms with Crippen LogP contribution in [0.4, 0.5) is 5.82 Å². The third-order valence-electron chi connectivity index (χ3n) is 3.03. The fraction of sp³-hybridized carbons (Fsp3) is 0.545. The minimum Gasteiger partial charge on any atom is -0.329 e. The van der Waals surface area contributed by atoms with E-state index in [-0.39, 0.29) is 5.91 Å². The van der Waals surface area contributed by atoms with Crippen LogP contribution in [0.5, 0.6) is 0 Å². The van der Waals surface area contributed by atoms with Crippen LogP contribution in [0.1, 0.15) is 26.7 Å². The maximum absolute atomic E-state index is 12.1. The Labute approximate surface area is 95.5 Å². The molecule has 5 nitrogen and oxygen atoms in total. The average Bonchev–Trinajstić information content (AvgIpc) is 2.33. The summed E-state index contributed by atoms with van der Waals surface area (Å²) in [5.74, 6) is 0.382. The molecule has 88 valence electrons. The monoisotopic (exact) mass is 222 g/mol. The smallest absolute Gasteiger partial charge is 0.233 e. The Hall–Kier alpha value is -1.49. The second-order valence-corrected chi connectivity index (χ2v) is 3.74. The van der Waals surface area contributed by atoms with E-state index in [4.69, 9.17) is 5.73 Å². The Kier molecular flexibility index (Phi) is 4.37. The van der Waals surface area contributed by atoms with E-state index in [0.29, 0.717) is 25.2 Å². The lowest BCUT2D eigenvalue weighted by Gasteiger charge is -2.28. The van der Waals surface area contributed by atoms with Crippen molar-refractivity contribution in [3.8, 4) is 0 Å². The predicted octanol–water partition coefficient (Wildman–Crippen LogP) is 1.18. The summed E-state index contributed by atoms with van der Waals surface area (Å²) in [6.45, 7) is 4.27. The molecule has 0 saturated carbocycles. The van der Waals surface area contributed by atoms with Crippen molar-refractivity contribution in [3.63, 3.8) is 0 Å². The molecule has 1 heterocycles. The predicted molar refractivity (Wildman–Crippen MR) is 62.7 cm³/mol. The number of nitrogens with one attached hydrogen (secondary N) is 1. The van der Waals surface area contributed by atoms with Crippen molar-refractivity contribution in [2.24, 2.45) is 11.1 Å². The molecule has 0 radical (unpaired) electrons. The number of carbonyl (C=O) groups excluding carboxylic acids is 1. The van der Waals surface area contributed by atoms with Gasteiger partial charge in [-0.1, -0.05) is 13.8 Å². The molecular weight excluding hydrogens is 204 g/mol. The van der Waals surface area contributed by atoms with E-state index in [1.165, 1.54) is 12.4 Å². The van der Waals surface area contributed by atoms with Crippen LogP contribution in [-0.4, -0.2) is 22.4 Å². The van der Waals surface area contributed by atoms with Crippen molar-refractivity contribution in [2.45, 2.75) is 26.7 Å². The molecule has 1 rings (SSSR count). The molecule has 0 fully saturated rings. The van der Waals surface area contributed by atoms with Gasteiger partial charge in [0.25, 0.3) is 0 Å². The van der Waals surface area contributed by atoms with Gasteiger partial charge >= 0.3 is 0 Å². The fourth-order valence-electron chi connectivity index (χ4n) is 1.57. The van der Waals surface area contributed by atoms with Crippen molar-refractivity contribution in [1.82, 2.24) is 9.97 Å². The maximum atomic E-state index is 12.1. The summed E-state index contributed by atoms with van der Waals surface area (Å²) in [6.07, 6.45) is 6.05. The highest BCUT2D eigenvalue weighted by Gasteiger charge is 2.33. The Balaban J connectivity index is 2.78. The van der Waals surface area contributed by atoms with Crippen LogP contribution in [-0.2, 0) is 4.79 Å². The number of nitrogens with two attached hydrogens (primary N) is 1. The number of hydrogen-bond acceptors (Lipinski definition) is 4. The molecule has 0 spiro atoms. The largest absolute Gasteiger partial charge is 0.329 e. The lowest BCUT2D eigenvalue weighted by molar-refractivity contribution is -0.125. The lowest BCUT2D eigenvalue weighted by Crippen LogP contribution is -2.41. The molecule has 1 aromatic rings. The highest BCUT2D eigenvalue weighted by molar-refractivity contribution is 5.94. The van der Waals surface area contributed by atoms with Crippen LogP contribution in [0.25, 0.3) is 0 Å². The van der Waals surface area contributed by atoms with Gasteiger partial charge in [0.15, 0.2) is 5.82 Å². The molecule has 0 unspecified atom stereocenters. The Morgan fingerprint density at radius 1 is 1.44 bits per heavy atom. The lowest BCUT2D eigenvalue weighted by atomic mass is 9.81. The van der Waals surface area contributed by atoms with Crippen LogP contribution in [0.2, 0.25) is 0 Å². The van der Waals surface area contributed by atoms with Crippen molar-refractivity contribution in [3.05, 3.63) is 18.6 Å². The minimum absolute atomic E-state index is 0.0829. The van der Waals surface area contributed by atoms with E-state index in [9.17, 15) is 4.79 Å². The van der Waals surface area contributed by atoms with Gasteiger partial charge in [0, 0.05) is 18.9 Å². The molecule has 0 aliphatic heterocycles. The second-order valence-electron chi connectivity index (χ2n) is 3.74. The molecular formula is C11H18N4O. The molecule has 0 aliphatic rings. The van der Waals surface area contributed by atoms with E-state index in [0.717, 1.165) is 0 Å². The summed E-state index contributed by atoms with van der Waals surface area (Å²) >= 11 is 0. The first-order valence-electron chi connectivity index (χ1n) is 5.46. The van der Waals surface area contributed by atoms with E-state index in [2.05, 4.69) is 15.3 Å². The van der Waals surface area contributed by atoms with Crippen LogP contribution < -0.4 is 11.1 Å². The number of rotatable bonds is 5. The average molecular weight is 222 g/mol. The summed E-state index contributed by atoms with van der Waals surface area (Å²) in [5.41, 5.74) is 5.18. The van der Waals surface area contributed by atoms with Crippen molar-refractivity contribution >= 4 is 11.7 Å². The summed E-state index contributed by atoms with van der Waals surface area (Å²) < 4.78 is 0. The minimum atomic E-state index is -0.502. The van der Waals surface area contributed by atoms with Crippen molar-refractivity contribution in [2.75, 3.05) is 11.9 Å². The second kappa shape index (κ2) is 5.55. The third-order valence-corrected chi connectivity index (χ3v) is 3.03. The number of nitrogens with zero attached hydrogens (tertiary/aromatic N) is 2. The topological polar surface area (TPSA) is 80.9 Å². The Morgan fingerprint density at radius 2 is 2.12 bits per heavy atom. The van der Waals surface area contributed by atoms with Crippen molar-refractivity contribution in [1.29, 1.82) is 0 Å². The first kappa shape index (κ1) is 12.6. The number of hydrogen-bond donors (Lipinski definition) is 2. The van der Waals surface area contributed by atoms with Crippen LogP contribution in [0.3, 0.4) is 0 Å². The first-order chi connectivity index (χ1) is 7.68. The third kappa shape index (κ3) is 2.55. The van der Waals surface area contributed by atoms with Crippen LogP contribution in [0, 0.1) is 5.41 Å².